The molecule has 0 aromatic heterocycles. The molecule has 0 saturated heterocycles. The van der Waals surface area contributed by atoms with Crippen molar-refractivity contribution >= 4 is 39.1 Å². The molecule has 35 heavy (non-hydrogen) atoms. The van der Waals surface area contributed by atoms with Crippen LogP contribution in [-0.2, 0) is 26.2 Å². The molecule has 2 atom stereocenters. The van der Waals surface area contributed by atoms with Crippen molar-refractivity contribution in [1.82, 2.24) is 10.2 Å². The maximum absolute atomic E-state index is 13.6. The molecule has 10 heteroatoms. The van der Waals surface area contributed by atoms with Crippen LogP contribution in [0.15, 0.2) is 42.5 Å². The molecule has 0 aliphatic carbocycles. The van der Waals surface area contributed by atoms with Gasteiger partial charge in [0.25, 0.3) is 0 Å². The van der Waals surface area contributed by atoms with Crippen molar-refractivity contribution in [2.24, 2.45) is 0 Å². The number of aryl methyl sites for hydroxylation is 1. The Morgan fingerprint density at radius 3 is 2.40 bits per heavy atom. The van der Waals surface area contributed by atoms with Crippen molar-refractivity contribution in [2.75, 3.05) is 24.2 Å². The molecule has 0 radical (unpaired) electrons. The highest BCUT2D eigenvalue weighted by Crippen LogP contribution is 2.31. The number of rotatable bonds is 11. The van der Waals surface area contributed by atoms with Gasteiger partial charge < -0.3 is 15.0 Å². The standard InChI is InChI=1S/C25H34ClN3O5S/c1-7-18(3)27-25(31)19(4)28(15-20-9-8-10-21(26)14-20)24(30)16-29(35(6,32)33)22-13-17(2)11-12-23(22)34-5/h8-14,18-19H,7,15-16H2,1-6H3,(H,27,31)/t18-,19-/m1/s1. The van der Waals surface area contributed by atoms with Crippen LogP contribution in [0.5, 0.6) is 5.75 Å². The quantitative estimate of drug-likeness (QED) is 0.484. The van der Waals surface area contributed by atoms with Gasteiger partial charge in [0.1, 0.15) is 18.3 Å². The molecule has 0 aliphatic rings. The molecule has 0 spiro atoms. The lowest BCUT2D eigenvalue weighted by atomic mass is 10.1. The summed E-state index contributed by atoms with van der Waals surface area (Å²) in [5.74, 6) is -0.544. The monoisotopic (exact) mass is 523 g/mol. The van der Waals surface area contributed by atoms with Crippen molar-refractivity contribution in [2.45, 2.75) is 52.7 Å². The fourth-order valence-electron chi connectivity index (χ4n) is 3.47. The van der Waals surface area contributed by atoms with E-state index in [4.69, 9.17) is 16.3 Å². The van der Waals surface area contributed by atoms with Gasteiger partial charge in [0.05, 0.1) is 19.1 Å². The minimum Gasteiger partial charge on any atom is -0.495 e. The van der Waals surface area contributed by atoms with E-state index in [2.05, 4.69) is 5.32 Å². The van der Waals surface area contributed by atoms with Gasteiger partial charge in [0.15, 0.2) is 0 Å². The highest BCUT2D eigenvalue weighted by Gasteiger charge is 2.31. The minimum absolute atomic E-state index is 0.0721. The number of sulfonamides is 1. The Labute approximate surface area is 213 Å². The van der Waals surface area contributed by atoms with Gasteiger partial charge in [0, 0.05) is 17.6 Å². The summed E-state index contributed by atoms with van der Waals surface area (Å²) < 4.78 is 31.9. The summed E-state index contributed by atoms with van der Waals surface area (Å²) in [7, 11) is -2.43. The first-order valence-corrected chi connectivity index (χ1v) is 13.6. The number of anilines is 1. The molecular weight excluding hydrogens is 490 g/mol. The molecule has 2 rings (SSSR count). The maximum atomic E-state index is 13.6. The molecule has 2 amide bonds. The lowest BCUT2D eigenvalue weighted by Gasteiger charge is -2.32. The number of ether oxygens (including phenoxy) is 1. The summed E-state index contributed by atoms with van der Waals surface area (Å²) in [4.78, 5) is 27.9. The van der Waals surface area contributed by atoms with E-state index in [0.717, 1.165) is 22.5 Å². The molecule has 0 heterocycles. The second kappa shape index (κ2) is 12.3. The summed E-state index contributed by atoms with van der Waals surface area (Å²) >= 11 is 6.13. The van der Waals surface area contributed by atoms with Crippen LogP contribution in [0, 0.1) is 6.92 Å². The molecular formula is C25H34ClN3O5S. The summed E-state index contributed by atoms with van der Waals surface area (Å²) in [6, 6.07) is 11.1. The summed E-state index contributed by atoms with van der Waals surface area (Å²) in [6.45, 7) is 6.85. The summed E-state index contributed by atoms with van der Waals surface area (Å²) in [6.07, 6.45) is 1.76. The average molecular weight is 524 g/mol. The fraction of sp³-hybridized carbons (Fsp3) is 0.440. The smallest absolute Gasteiger partial charge is 0.244 e. The van der Waals surface area contributed by atoms with Crippen LogP contribution >= 0.6 is 11.6 Å². The first-order valence-electron chi connectivity index (χ1n) is 11.3. The fourth-order valence-corrected chi connectivity index (χ4v) is 4.53. The SMILES string of the molecule is CC[C@@H](C)NC(=O)[C@@H](C)N(Cc1cccc(Cl)c1)C(=O)CN(c1cc(C)ccc1OC)S(C)(=O)=O. The zero-order valence-electron chi connectivity index (χ0n) is 21.0. The molecule has 0 unspecified atom stereocenters. The Balaban J connectivity index is 2.46. The number of hydrogen-bond acceptors (Lipinski definition) is 5. The van der Waals surface area contributed by atoms with E-state index >= 15 is 0 Å². The molecule has 0 aliphatic heterocycles. The molecule has 0 saturated carbocycles. The molecule has 192 valence electrons. The van der Waals surface area contributed by atoms with E-state index in [0.29, 0.717) is 16.3 Å². The van der Waals surface area contributed by atoms with Gasteiger partial charge >= 0.3 is 0 Å². The maximum Gasteiger partial charge on any atom is 0.244 e. The Kier molecular flexibility index (Phi) is 9.97. The van der Waals surface area contributed by atoms with Crippen LogP contribution in [0.1, 0.15) is 38.3 Å². The number of benzene rings is 2. The van der Waals surface area contributed by atoms with Crippen LogP contribution < -0.4 is 14.4 Å². The Hall–Kier alpha value is -2.78. The zero-order valence-corrected chi connectivity index (χ0v) is 22.6. The third-order valence-electron chi connectivity index (χ3n) is 5.69. The van der Waals surface area contributed by atoms with Gasteiger partial charge in [-0.15, -0.1) is 0 Å². The molecule has 1 N–H and O–H groups in total. The van der Waals surface area contributed by atoms with Crippen LogP contribution in [-0.4, -0.2) is 57.1 Å². The predicted octanol–water partition coefficient (Wildman–Crippen LogP) is 3.76. The van der Waals surface area contributed by atoms with Crippen molar-refractivity contribution in [3.63, 3.8) is 0 Å². The van der Waals surface area contributed by atoms with E-state index < -0.39 is 28.5 Å². The normalized spacial score (nSPS) is 13.0. The van der Waals surface area contributed by atoms with Crippen LogP contribution in [0.3, 0.4) is 0 Å². The number of methoxy groups -OCH3 is 1. The van der Waals surface area contributed by atoms with Crippen molar-refractivity contribution in [1.29, 1.82) is 0 Å². The predicted molar refractivity (Wildman–Crippen MR) is 139 cm³/mol. The van der Waals surface area contributed by atoms with Gasteiger partial charge in [-0.25, -0.2) is 8.42 Å². The van der Waals surface area contributed by atoms with Crippen molar-refractivity contribution in [3.05, 3.63) is 58.6 Å². The second-order valence-electron chi connectivity index (χ2n) is 8.59. The number of halogens is 1. The molecule has 0 bridgehead atoms. The lowest BCUT2D eigenvalue weighted by molar-refractivity contribution is -0.139. The molecule has 2 aromatic rings. The van der Waals surface area contributed by atoms with E-state index in [9.17, 15) is 18.0 Å². The number of carbonyl (C=O) groups excluding carboxylic acids is 2. The topological polar surface area (TPSA) is 96.0 Å². The average Bonchev–Trinajstić information content (AvgIpc) is 2.79. The third-order valence-corrected chi connectivity index (χ3v) is 7.05. The van der Waals surface area contributed by atoms with Crippen molar-refractivity contribution < 1.29 is 22.7 Å². The van der Waals surface area contributed by atoms with Gasteiger partial charge in [-0.3, -0.25) is 13.9 Å². The number of hydrogen-bond donors (Lipinski definition) is 1. The third kappa shape index (κ3) is 7.86. The summed E-state index contributed by atoms with van der Waals surface area (Å²) in [5, 5.41) is 3.39. The van der Waals surface area contributed by atoms with E-state index in [1.807, 2.05) is 20.8 Å². The van der Waals surface area contributed by atoms with Crippen LogP contribution in [0.2, 0.25) is 5.02 Å². The first kappa shape index (κ1) is 28.5. The second-order valence-corrected chi connectivity index (χ2v) is 10.9. The highest BCUT2D eigenvalue weighted by molar-refractivity contribution is 7.92. The van der Waals surface area contributed by atoms with Gasteiger partial charge in [-0.1, -0.05) is 36.7 Å². The van der Waals surface area contributed by atoms with Gasteiger partial charge in [0.2, 0.25) is 21.8 Å². The highest BCUT2D eigenvalue weighted by atomic mass is 35.5. The van der Waals surface area contributed by atoms with Gasteiger partial charge in [-0.05, 0) is 62.6 Å². The molecule has 0 fully saturated rings. The Morgan fingerprint density at radius 1 is 1.14 bits per heavy atom. The minimum atomic E-state index is -3.86. The first-order chi connectivity index (χ1) is 16.4. The number of amides is 2. The van der Waals surface area contributed by atoms with Crippen molar-refractivity contribution in [3.8, 4) is 5.75 Å². The number of nitrogens with zero attached hydrogens (tertiary/aromatic N) is 2. The summed E-state index contributed by atoms with van der Waals surface area (Å²) in [5.41, 5.74) is 1.77. The zero-order chi connectivity index (χ0) is 26.3. The van der Waals surface area contributed by atoms with Crippen LogP contribution in [0.4, 0.5) is 5.69 Å². The Bertz CT molecular complexity index is 1160. The number of carbonyl (C=O) groups is 2. The van der Waals surface area contributed by atoms with E-state index in [1.54, 1.807) is 49.4 Å². The van der Waals surface area contributed by atoms with Gasteiger partial charge in [-0.2, -0.15) is 0 Å². The number of nitrogens with one attached hydrogen (secondary N) is 1. The molecule has 8 nitrogen and oxygen atoms in total. The van der Waals surface area contributed by atoms with E-state index in [1.165, 1.54) is 12.0 Å². The molecule has 2 aromatic carbocycles. The van der Waals surface area contributed by atoms with Crippen LogP contribution in [0.25, 0.3) is 0 Å². The Morgan fingerprint density at radius 2 is 1.83 bits per heavy atom. The lowest BCUT2D eigenvalue weighted by Crippen LogP contribution is -2.52. The van der Waals surface area contributed by atoms with E-state index in [-0.39, 0.29) is 24.2 Å². The largest absolute Gasteiger partial charge is 0.495 e.